The number of anilines is 2. The lowest BCUT2D eigenvalue weighted by Gasteiger charge is -2.16. The molecule has 0 saturated carbocycles. The van der Waals surface area contributed by atoms with Gasteiger partial charge in [-0.15, -0.1) is 0 Å². The van der Waals surface area contributed by atoms with Crippen LogP contribution in [0.3, 0.4) is 0 Å². The van der Waals surface area contributed by atoms with Crippen molar-refractivity contribution >= 4 is 59.2 Å². The predicted molar refractivity (Wildman–Crippen MR) is 132 cm³/mol. The average Bonchev–Trinajstić information content (AvgIpc) is 2.72. The van der Waals surface area contributed by atoms with Crippen LogP contribution in [-0.4, -0.2) is 79.4 Å². The van der Waals surface area contributed by atoms with E-state index in [-0.39, 0.29) is 42.4 Å². The molecule has 7 N–H and O–H groups in total. The van der Waals surface area contributed by atoms with Gasteiger partial charge in [0.05, 0.1) is 6.54 Å². The minimum Gasteiger partial charge on any atom is -0.480 e. The molecular formula is C19H32N8O5S2. The van der Waals surface area contributed by atoms with E-state index in [0.717, 1.165) is 11.8 Å². The number of nitrogens with two attached hydrogens (primary N) is 1. The molecule has 1 aromatic heterocycles. The van der Waals surface area contributed by atoms with Gasteiger partial charge in [0.1, 0.15) is 12.1 Å². The molecule has 0 radical (unpaired) electrons. The van der Waals surface area contributed by atoms with E-state index in [1.807, 2.05) is 27.7 Å². The first-order chi connectivity index (χ1) is 15.9. The monoisotopic (exact) mass is 516 g/mol. The highest BCUT2D eigenvalue weighted by Crippen LogP contribution is 2.18. The second-order valence-corrected chi connectivity index (χ2v) is 9.23. The third kappa shape index (κ3) is 11.5. The number of aromatic nitrogens is 3. The maximum atomic E-state index is 12.4. The average molecular weight is 517 g/mol. The number of nitrogens with zero attached hydrogens (tertiary/aromatic N) is 3. The van der Waals surface area contributed by atoms with Crippen molar-refractivity contribution in [2.45, 2.75) is 69.9 Å². The summed E-state index contributed by atoms with van der Waals surface area (Å²) >= 11 is 4.79. The van der Waals surface area contributed by atoms with Crippen molar-refractivity contribution in [2.24, 2.45) is 5.73 Å². The third-order valence-corrected chi connectivity index (χ3v) is 5.00. The zero-order valence-electron chi connectivity index (χ0n) is 19.5. The van der Waals surface area contributed by atoms with Crippen molar-refractivity contribution in [1.29, 1.82) is 0 Å². The molecule has 34 heavy (non-hydrogen) atoms. The van der Waals surface area contributed by atoms with Gasteiger partial charge in [-0.3, -0.25) is 19.2 Å². The summed E-state index contributed by atoms with van der Waals surface area (Å²) in [6.07, 6.45) is -0.247. The fourth-order valence-electron chi connectivity index (χ4n) is 2.34. The molecule has 0 saturated heterocycles. The Bertz CT molecular complexity index is 843. The topological polar surface area (TPSA) is 201 Å². The quantitative estimate of drug-likeness (QED) is 0.128. The number of rotatable bonds is 14. The van der Waals surface area contributed by atoms with E-state index in [2.05, 4.69) is 48.8 Å². The molecule has 0 bridgehead atoms. The lowest BCUT2D eigenvalue weighted by atomic mass is 10.1. The highest BCUT2D eigenvalue weighted by Gasteiger charge is 2.22. The van der Waals surface area contributed by atoms with Crippen LogP contribution in [0.15, 0.2) is 5.16 Å². The molecule has 1 heterocycles. The summed E-state index contributed by atoms with van der Waals surface area (Å²) in [6, 6.07) is -2.05. The number of hydrogen-bond acceptors (Lipinski definition) is 12. The maximum Gasteiger partial charge on any atom is 0.320 e. The van der Waals surface area contributed by atoms with Gasteiger partial charge in [0.2, 0.25) is 34.0 Å². The van der Waals surface area contributed by atoms with Crippen LogP contribution in [-0.2, 0) is 19.2 Å². The second kappa shape index (κ2) is 14.6. The molecule has 0 fully saturated rings. The summed E-state index contributed by atoms with van der Waals surface area (Å²) in [7, 11) is 0. The van der Waals surface area contributed by atoms with Crippen molar-refractivity contribution < 1.29 is 24.3 Å². The molecule has 2 atom stereocenters. The molecule has 0 unspecified atom stereocenters. The minimum atomic E-state index is -1.22. The van der Waals surface area contributed by atoms with Crippen LogP contribution in [0.4, 0.5) is 11.9 Å². The molecule has 1 rings (SSSR count). The van der Waals surface area contributed by atoms with E-state index in [1.54, 1.807) is 0 Å². The first-order valence-electron chi connectivity index (χ1n) is 10.6. The molecule has 13 nitrogen and oxygen atoms in total. The van der Waals surface area contributed by atoms with Gasteiger partial charge in [-0.1, -0.05) is 0 Å². The number of carboxylic acids is 1. The van der Waals surface area contributed by atoms with E-state index in [9.17, 15) is 19.2 Å². The lowest BCUT2D eigenvalue weighted by molar-refractivity contribution is -0.138. The molecule has 0 aliphatic carbocycles. The van der Waals surface area contributed by atoms with E-state index in [0.29, 0.717) is 11.9 Å². The van der Waals surface area contributed by atoms with Crippen LogP contribution >= 0.6 is 24.4 Å². The zero-order valence-corrected chi connectivity index (χ0v) is 21.2. The number of aliphatic carboxylic acids is 1. The van der Waals surface area contributed by atoms with Crippen molar-refractivity contribution in [2.75, 3.05) is 22.9 Å². The summed E-state index contributed by atoms with van der Waals surface area (Å²) in [5.74, 6) is -1.77. The van der Waals surface area contributed by atoms with Gasteiger partial charge in [-0.05, 0) is 45.9 Å². The summed E-state index contributed by atoms with van der Waals surface area (Å²) in [5.41, 5.74) is 5.36. The number of hydrogen-bond donors (Lipinski definition) is 7. The second-order valence-electron chi connectivity index (χ2n) is 7.84. The van der Waals surface area contributed by atoms with Gasteiger partial charge in [0, 0.05) is 24.3 Å². The largest absolute Gasteiger partial charge is 0.480 e. The summed E-state index contributed by atoms with van der Waals surface area (Å²) in [6.45, 7) is 7.35. The molecule has 0 spiro atoms. The van der Waals surface area contributed by atoms with Crippen LogP contribution in [0.5, 0.6) is 0 Å². The Kier molecular flexibility index (Phi) is 12.6. The van der Waals surface area contributed by atoms with Crippen molar-refractivity contribution in [3.8, 4) is 0 Å². The SMILES string of the molecule is CC(C)Nc1nc(NC(C)C)nc(SC(=O)CNC(=O)[C@H](CS)NC(=O)CC[C@H](N)C(=O)O)n1. The number of amides is 2. The highest BCUT2D eigenvalue weighted by molar-refractivity contribution is 8.13. The number of carboxylic acid groups (broad SMARTS) is 1. The van der Waals surface area contributed by atoms with Crippen molar-refractivity contribution in [3.05, 3.63) is 0 Å². The molecule has 0 aliphatic heterocycles. The van der Waals surface area contributed by atoms with Crippen LogP contribution in [0.1, 0.15) is 40.5 Å². The molecule has 2 amide bonds. The molecule has 1 aromatic rings. The highest BCUT2D eigenvalue weighted by atomic mass is 32.2. The molecule has 15 heteroatoms. The Morgan fingerprint density at radius 3 is 2.06 bits per heavy atom. The Balaban J connectivity index is 2.66. The summed E-state index contributed by atoms with van der Waals surface area (Å²) in [4.78, 5) is 60.1. The number of thioether (sulfide) groups is 1. The fourth-order valence-corrected chi connectivity index (χ4v) is 3.21. The van der Waals surface area contributed by atoms with E-state index in [4.69, 9.17) is 10.8 Å². The first kappa shape index (κ1) is 29.4. The number of nitrogens with one attached hydrogen (secondary N) is 4. The van der Waals surface area contributed by atoms with Gasteiger partial charge in [0.15, 0.2) is 0 Å². The van der Waals surface area contributed by atoms with E-state index in [1.165, 1.54) is 0 Å². The number of carbonyl (C=O) groups excluding carboxylic acids is 3. The predicted octanol–water partition coefficient (Wildman–Crippen LogP) is -0.146. The summed E-state index contributed by atoms with van der Waals surface area (Å²) in [5, 5.41) is 19.5. The van der Waals surface area contributed by atoms with Crippen LogP contribution < -0.4 is 27.0 Å². The van der Waals surface area contributed by atoms with E-state index < -0.39 is 35.0 Å². The summed E-state index contributed by atoms with van der Waals surface area (Å²) < 4.78 is 0. The van der Waals surface area contributed by atoms with Gasteiger partial charge in [0.25, 0.3) is 0 Å². The van der Waals surface area contributed by atoms with Crippen molar-refractivity contribution in [3.63, 3.8) is 0 Å². The van der Waals surface area contributed by atoms with Crippen molar-refractivity contribution in [1.82, 2.24) is 25.6 Å². The number of carbonyl (C=O) groups is 4. The smallest absolute Gasteiger partial charge is 0.320 e. The lowest BCUT2D eigenvalue weighted by Crippen LogP contribution is -2.49. The Hall–Kier alpha value is -2.65. The normalized spacial score (nSPS) is 12.7. The fraction of sp³-hybridized carbons (Fsp3) is 0.632. The molecule has 190 valence electrons. The molecular weight excluding hydrogens is 484 g/mol. The van der Waals surface area contributed by atoms with E-state index >= 15 is 0 Å². The zero-order chi connectivity index (χ0) is 25.8. The first-order valence-corrected chi connectivity index (χ1v) is 12.0. The Morgan fingerprint density at radius 1 is 1.03 bits per heavy atom. The van der Waals surface area contributed by atoms with Gasteiger partial charge >= 0.3 is 5.97 Å². The van der Waals surface area contributed by atoms with Crippen LogP contribution in [0, 0.1) is 0 Å². The molecule has 0 aromatic carbocycles. The van der Waals surface area contributed by atoms with Crippen LogP contribution in [0.2, 0.25) is 0 Å². The van der Waals surface area contributed by atoms with Crippen LogP contribution in [0.25, 0.3) is 0 Å². The van der Waals surface area contributed by atoms with Gasteiger partial charge in [-0.2, -0.15) is 27.6 Å². The Labute approximate surface area is 207 Å². The standard InChI is InChI=1S/C19H32N8O5S2/c1-9(2)22-17-25-18(23-10(3)4)27-19(26-17)34-14(29)7-21-15(30)12(8-33)24-13(28)6-5-11(20)16(31)32/h9-12,33H,5-8,20H2,1-4H3,(H,21,30)(H,24,28)(H,31,32)(H2,22,23,25,26,27)/t11-,12-/m0/s1. The maximum absolute atomic E-state index is 12.4. The number of thiol groups is 1. The minimum absolute atomic E-state index is 0.0220. The third-order valence-electron chi connectivity index (χ3n) is 3.90. The van der Waals surface area contributed by atoms with Gasteiger partial charge in [-0.25, -0.2) is 0 Å². The molecule has 0 aliphatic rings. The van der Waals surface area contributed by atoms with Gasteiger partial charge < -0.3 is 32.1 Å². The Morgan fingerprint density at radius 2 is 1.59 bits per heavy atom.